The van der Waals surface area contributed by atoms with Crippen LogP contribution in [-0.2, 0) is 0 Å². The highest BCUT2D eigenvalue weighted by molar-refractivity contribution is 5.29. The van der Waals surface area contributed by atoms with E-state index in [1.165, 1.54) is 12.1 Å². The molecule has 0 aliphatic rings. The normalized spacial score (nSPS) is 9.64. The van der Waals surface area contributed by atoms with Gasteiger partial charge >= 0.3 is 0 Å². The van der Waals surface area contributed by atoms with Crippen molar-refractivity contribution in [1.29, 1.82) is 0 Å². The maximum Gasteiger partial charge on any atom is 0.220 e. The molecule has 0 amide bonds. The van der Waals surface area contributed by atoms with E-state index >= 15 is 0 Å². The summed E-state index contributed by atoms with van der Waals surface area (Å²) in [5.74, 6) is -0.193. The second-order valence-electron chi connectivity index (χ2n) is 2.59. The van der Waals surface area contributed by atoms with Crippen molar-refractivity contribution in [2.45, 2.75) is 13.8 Å². The fourth-order valence-electron chi connectivity index (χ4n) is 0.802. The third kappa shape index (κ3) is 1.58. The minimum absolute atomic E-state index is 0.193. The molecule has 11 heavy (non-hydrogen) atoms. The molecular weight excluding hydrogens is 140 g/mol. The third-order valence-electron chi connectivity index (χ3n) is 1.71. The molecule has 1 rings (SSSR count). The van der Waals surface area contributed by atoms with E-state index in [1.54, 1.807) is 6.07 Å². The Balaban J connectivity index is 3.54. The van der Waals surface area contributed by atoms with Crippen LogP contribution in [0.3, 0.4) is 0 Å². The Morgan fingerprint density at radius 1 is 1.18 bits per heavy atom. The molecule has 0 aliphatic carbocycles. The second-order valence-corrected chi connectivity index (χ2v) is 2.59. The first kappa shape index (κ1) is 7.79. The summed E-state index contributed by atoms with van der Waals surface area (Å²) in [6.45, 7) is 3.74. The molecule has 0 bridgehead atoms. The topological polar surface area (TPSA) is 37.3 Å². The van der Waals surface area contributed by atoms with Gasteiger partial charge in [-0.15, -0.1) is 0 Å². The largest absolute Gasteiger partial charge is 0.504 e. The van der Waals surface area contributed by atoms with E-state index < -0.39 is 0 Å². The molecule has 1 aromatic rings. The molecule has 0 unspecified atom stereocenters. The van der Waals surface area contributed by atoms with Gasteiger partial charge in [-0.25, -0.2) is 0 Å². The Labute approximate surface area is 65.1 Å². The lowest BCUT2D eigenvalue weighted by Crippen LogP contribution is -1.93. The van der Waals surface area contributed by atoms with Crippen LogP contribution in [0, 0.1) is 13.8 Å². The first-order chi connectivity index (χ1) is 5.11. The highest BCUT2D eigenvalue weighted by Gasteiger charge is 1.94. The van der Waals surface area contributed by atoms with Crippen LogP contribution in [0.4, 0.5) is 0 Å². The summed E-state index contributed by atoms with van der Waals surface area (Å²) in [6, 6.07) is 4.58. The Bertz CT molecular complexity index is 329. The van der Waals surface area contributed by atoms with Crippen LogP contribution in [0.15, 0.2) is 23.0 Å². The number of hydrogen-bond acceptors (Lipinski definition) is 2. The zero-order chi connectivity index (χ0) is 8.43. The third-order valence-corrected chi connectivity index (χ3v) is 1.71. The average molecular weight is 150 g/mol. The molecule has 0 aromatic heterocycles. The molecule has 0 heterocycles. The lowest BCUT2D eigenvalue weighted by Gasteiger charge is -1.86. The van der Waals surface area contributed by atoms with Gasteiger partial charge in [0.1, 0.15) is 0 Å². The summed E-state index contributed by atoms with van der Waals surface area (Å²) in [4.78, 5) is 10.9. The molecule has 0 spiro atoms. The maximum absolute atomic E-state index is 10.9. The van der Waals surface area contributed by atoms with Crippen molar-refractivity contribution in [3.63, 3.8) is 0 Å². The first-order valence-corrected chi connectivity index (χ1v) is 3.42. The van der Waals surface area contributed by atoms with E-state index in [4.69, 9.17) is 5.11 Å². The summed E-state index contributed by atoms with van der Waals surface area (Å²) in [6.07, 6.45) is 0. The lowest BCUT2D eigenvalue weighted by atomic mass is 10.2. The zero-order valence-electron chi connectivity index (χ0n) is 6.59. The SMILES string of the molecule is Cc1ccc(O)c(=O)cc1C. The molecule has 0 aliphatic heterocycles. The van der Waals surface area contributed by atoms with Gasteiger partial charge < -0.3 is 5.11 Å². The van der Waals surface area contributed by atoms with Crippen molar-refractivity contribution in [2.24, 2.45) is 0 Å². The Hall–Kier alpha value is -1.31. The Morgan fingerprint density at radius 2 is 1.82 bits per heavy atom. The van der Waals surface area contributed by atoms with Crippen LogP contribution in [-0.4, -0.2) is 5.11 Å². The fraction of sp³-hybridized carbons (Fsp3) is 0.222. The predicted molar refractivity (Wildman–Crippen MR) is 43.9 cm³/mol. The quantitative estimate of drug-likeness (QED) is 0.606. The van der Waals surface area contributed by atoms with Crippen LogP contribution < -0.4 is 5.43 Å². The van der Waals surface area contributed by atoms with Gasteiger partial charge in [-0.3, -0.25) is 4.79 Å². The van der Waals surface area contributed by atoms with E-state index in [-0.39, 0.29) is 11.2 Å². The van der Waals surface area contributed by atoms with Crippen LogP contribution in [0.2, 0.25) is 0 Å². The molecule has 0 radical (unpaired) electrons. The summed E-state index contributed by atoms with van der Waals surface area (Å²) >= 11 is 0. The monoisotopic (exact) mass is 150 g/mol. The summed E-state index contributed by atoms with van der Waals surface area (Å²) in [5.41, 5.74) is 1.58. The second kappa shape index (κ2) is 2.74. The van der Waals surface area contributed by atoms with Gasteiger partial charge in [0, 0.05) is 0 Å². The Kier molecular flexibility index (Phi) is 1.94. The van der Waals surface area contributed by atoms with E-state index in [2.05, 4.69) is 0 Å². The van der Waals surface area contributed by atoms with Crippen molar-refractivity contribution >= 4 is 0 Å². The number of rotatable bonds is 0. The molecule has 1 aromatic carbocycles. The Morgan fingerprint density at radius 3 is 2.45 bits per heavy atom. The molecule has 0 fully saturated rings. The van der Waals surface area contributed by atoms with Gasteiger partial charge in [0.2, 0.25) is 5.43 Å². The standard InChI is InChI=1S/C9H10O2/c1-6-3-4-8(10)9(11)5-7(6)2/h3-5H,1-2H3,(H,10,11). The van der Waals surface area contributed by atoms with Crippen LogP contribution in [0.5, 0.6) is 5.75 Å². The lowest BCUT2D eigenvalue weighted by molar-refractivity contribution is 0.471. The van der Waals surface area contributed by atoms with Crippen molar-refractivity contribution in [3.8, 4) is 5.75 Å². The molecule has 58 valence electrons. The van der Waals surface area contributed by atoms with E-state index in [0.29, 0.717) is 0 Å². The minimum Gasteiger partial charge on any atom is -0.504 e. The van der Waals surface area contributed by atoms with Crippen molar-refractivity contribution in [1.82, 2.24) is 0 Å². The fourth-order valence-corrected chi connectivity index (χ4v) is 0.802. The molecule has 0 atom stereocenters. The van der Waals surface area contributed by atoms with Crippen LogP contribution in [0.25, 0.3) is 0 Å². The molecule has 2 heteroatoms. The van der Waals surface area contributed by atoms with Crippen molar-refractivity contribution < 1.29 is 5.11 Å². The van der Waals surface area contributed by atoms with Gasteiger partial charge in [0.25, 0.3) is 0 Å². The maximum atomic E-state index is 10.9. The molecule has 1 N–H and O–H groups in total. The molecule has 0 saturated carbocycles. The van der Waals surface area contributed by atoms with Gasteiger partial charge in [-0.05, 0) is 37.1 Å². The van der Waals surface area contributed by atoms with E-state index in [9.17, 15) is 4.79 Å². The highest BCUT2D eigenvalue weighted by Crippen LogP contribution is 2.05. The van der Waals surface area contributed by atoms with E-state index in [1.807, 2.05) is 13.8 Å². The van der Waals surface area contributed by atoms with Crippen LogP contribution in [0.1, 0.15) is 11.1 Å². The van der Waals surface area contributed by atoms with Gasteiger partial charge in [-0.2, -0.15) is 0 Å². The van der Waals surface area contributed by atoms with Gasteiger partial charge in [-0.1, -0.05) is 6.07 Å². The minimum atomic E-state index is -0.324. The number of aryl methyl sites for hydroxylation is 2. The summed E-state index contributed by atoms with van der Waals surface area (Å²) < 4.78 is 0. The number of aromatic hydroxyl groups is 1. The molecule has 2 nitrogen and oxygen atoms in total. The zero-order valence-corrected chi connectivity index (χ0v) is 6.59. The smallest absolute Gasteiger partial charge is 0.220 e. The average Bonchev–Trinajstić information content (AvgIpc) is 2.05. The summed E-state index contributed by atoms with van der Waals surface area (Å²) in [7, 11) is 0. The predicted octanol–water partition coefficient (Wildman–Crippen LogP) is 1.37. The van der Waals surface area contributed by atoms with Crippen molar-refractivity contribution in [3.05, 3.63) is 39.5 Å². The van der Waals surface area contributed by atoms with Crippen molar-refractivity contribution in [2.75, 3.05) is 0 Å². The van der Waals surface area contributed by atoms with Crippen LogP contribution >= 0.6 is 0 Å². The first-order valence-electron chi connectivity index (χ1n) is 3.42. The van der Waals surface area contributed by atoms with Gasteiger partial charge in [0.15, 0.2) is 5.75 Å². The summed E-state index contributed by atoms with van der Waals surface area (Å²) in [5, 5.41) is 9.02. The molecular formula is C9H10O2. The highest BCUT2D eigenvalue weighted by atomic mass is 16.3. The van der Waals surface area contributed by atoms with Gasteiger partial charge in [0.05, 0.1) is 0 Å². The number of hydrogen-bond donors (Lipinski definition) is 1. The van der Waals surface area contributed by atoms with E-state index in [0.717, 1.165) is 11.1 Å². The molecule has 0 saturated heterocycles.